The summed E-state index contributed by atoms with van der Waals surface area (Å²) in [4.78, 5) is 0. The predicted molar refractivity (Wildman–Crippen MR) is 228 cm³/mol. The van der Waals surface area contributed by atoms with Crippen LogP contribution in [0.2, 0.25) is 3.63 Å². The number of hydrogen-bond donors (Lipinski definition) is 0. The standard InChI is InChI=1S/C23H29.C21H26.C5H5.2ClH.Zr/c1-14-9-16-11-17-10-15(2)21(23(6,7)8)13-19(17)18(16)12-20(14)22(3,4)5;1-3-5-7-18-9-13-20(14-10-18)17-21-15-11-19(12-16-21)8-6-4-2;1-2-4-5-3-1;;;/h9-13H,1-8H3;9-16H,3-8H2,1-2H3;1-5H;2*1H;/q;;;;;+2/p-2. The molecule has 0 saturated heterocycles. The van der Waals surface area contributed by atoms with E-state index in [-0.39, 0.29) is 18.1 Å². The molecule has 2 aliphatic carbocycles. The monoisotopic (exact) mass is 808 g/mol. The molecule has 0 heterocycles. The van der Waals surface area contributed by atoms with E-state index in [9.17, 15) is 0 Å². The number of benzene rings is 4. The Morgan fingerprint density at radius 2 is 0.981 bits per heavy atom. The van der Waals surface area contributed by atoms with Gasteiger partial charge in [-0.3, -0.25) is 0 Å². The number of rotatable bonds is 10. The van der Waals surface area contributed by atoms with Gasteiger partial charge in [0.15, 0.2) is 0 Å². The molecule has 0 amide bonds. The maximum absolute atomic E-state index is 8.94. The van der Waals surface area contributed by atoms with E-state index in [0.29, 0.717) is 0 Å². The molecule has 0 N–H and O–H groups in total. The molecule has 0 spiro atoms. The molecule has 0 aromatic heterocycles. The summed E-state index contributed by atoms with van der Waals surface area (Å²) in [5.74, 6) is 0. The van der Waals surface area contributed by atoms with E-state index in [1.807, 2.05) is 0 Å². The Kier molecular flexibility index (Phi) is 11.2. The Morgan fingerprint density at radius 3 is 1.33 bits per heavy atom. The number of aryl methyl sites for hydroxylation is 4. The third-order valence-electron chi connectivity index (χ3n) is 11.8. The van der Waals surface area contributed by atoms with Crippen molar-refractivity contribution in [3.05, 3.63) is 153 Å². The molecule has 0 saturated carbocycles. The van der Waals surface area contributed by atoms with Crippen LogP contribution in [0.3, 0.4) is 0 Å². The Labute approximate surface area is 323 Å². The maximum atomic E-state index is 8.94. The molecule has 2 aliphatic rings. The van der Waals surface area contributed by atoms with Crippen LogP contribution in [0.5, 0.6) is 0 Å². The van der Waals surface area contributed by atoms with E-state index in [0.717, 1.165) is 24.0 Å². The first-order valence-corrected chi connectivity index (χ1v) is 30.2. The molecule has 4 aromatic carbocycles. The molecule has 6 rings (SSSR count). The van der Waals surface area contributed by atoms with E-state index < -0.39 is 15.9 Å². The summed E-state index contributed by atoms with van der Waals surface area (Å²) in [7, 11) is 17.9. The molecule has 3 heteroatoms. The van der Waals surface area contributed by atoms with Crippen LogP contribution < -0.4 is 0 Å². The molecule has 0 radical (unpaired) electrons. The fraction of sp³-hybridized carbons (Fsp3) is 0.408. The van der Waals surface area contributed by atoms with E-state index in [1.54, 1.807) is 0 Å². The van der Waals surface area contributed by atoms with Crippen LogP contribution in [0.4, 0.5) is 0 Å². The van der Waals surface area contributed by atoms with Crippen LogP contribution in [0, 0.1) is 13.8 Å². The van der Waals surface area contributed by atoms with Gasteiger partial charge in [-0.05, 0) is 0 Å². The molecule has 0 nitrogen and oxygen atoms in total. The number of unbranched alkanes of at least 4 members (excludes halogenated alkanes) is 2. The van der Waals surface area contributed by atoms with Gasteiger partial charge in [-0.1, -0.05) is 0 Å². The third-order valence-corrected chi connectivity index (χ3v) is 31.5. The summed E-state index contributed by atoms with van der Waals surface area (Å²) < 4.78 is 0.962. The molecule has 0 bridgehead atoms. The quantitative estimate of drug-likeness (QED) is 0.150. The summed E-state index contributed by atoms with van der Waals surface area (Å²) in [6.07, 6.45) is 15.8. The molecule has 0 aliphatic heterocycles. The first-order chi connectivity index (χ1) is 24.5. The number of halogens is 2. The van der Waals surface area contributed by atoms with Crippen LogP contribution in [0.25, 0.3) is 11.1 Å². The van der Waals surface area contributed by atoms with Crippen molar-refractivity contribution in [2.45, 2.75) is 126 Å². The molecule has 4 aromatic rings. The zero-order valence-electron chi connectivity index (χ0n) is 33.4. The fourth-order valence-corrected chi connectivity index (χ4v) is 28.6. The first kappa shape index (κ1) is 39.4. The fourth-order valence-electron chi connectivity index (χ4n) is 9.20. The molecular formula is C49H60Cl2Zr. The van der Waals surface area contributed by atoms with E-state index in [4.69, 9.17) is 17.0 Å². The topological polar surface area (TPSA) is 0 Å². The summed E-state index contributed by atoms with van der Waals surface area (Å²) in [5, 5.41) is 0. The van der Waals surface area contributed by atoms with Gasteiger partial charge in [0.25, 0.3) is 0 Å². The van der Waals surface area contributed by atoms with Gasteiger partial charge in [0, 0.05) is 0 Å². The molecule has 274 valence electrons. The van der Waals surface area contributed by atoms with E-state index >= 15 is 0 Å². The van der Waals surface area contributed by atoms with Crippen molar-refractivity contribution in [3.63, 3.8) is 0 Å². The zero-order valence-corrected chi connectivity index (χ0v) is 37.4. The van der Waals surface area contributed by atoms with Crippen molar-refractivity contribution in [2.75, 3.05) is 0 Å². The summed E-state index contributed by atoms with van der Waals surface area (Å²) >= 11 is -5.46. The minimum absolute atomic E-state index is 0.00212. The van der Waals surface area contributed by atoms with Crippen molar-refractivity contribution in [1.82, 2.24) is 0 Å². The van der Waals surface area contributed by atoms with Crippen LogP contribution in [-0.2, 0) is 39.6 Å². The van der Waals surface area contributed by atoms with Gasteiger partial charge in [-0.25, -0.2) is 0 Å². The normalized spacial score (nSPS) is 15.0. The van der Waals surface area contributed by atoms with Gasteiger partial charge in [0.2, 0.25) is 0 Å². The van der Waals surface area contributed by atoms with Gasteiger partial charge in [-0.15, -0.1) is 0 Å². The second-order valence-electron chi connectivity index (χ2n) is 17.9. The van der Waals surface area contributed by atoms with Crippen molar-refractivity contribution >= 4 is 20.2 Å². The SMILES string of the molecule is CCCCc1ccc([C](c2ccc(CCCC)cc2)=[Zr]([Cl])([Cl])([CH]2C=CC=C2)[CH]2c3cc(C)c(C(C)(C)C)cc3-c3cc(C(C)(C)C)c(C)cc32)cc1. The van der Waals surface area contributed by atoms with Crippen LogP contribution in [0.15, 0.2) is 97.1 Å². The number of allylic oxidation sites excluding steroid dienone is 4. The Hall–Kier alpha value is -2.31. The number of hydrogen-bond acceptors (Lipinski definition) is 0. The minimum atomic E-state index is -5.46. The second-order valence-corrected chi connectivity index (χ2v) is 38.6. The Balaban J connectivity index is 1.78. The second kappa shape index (κ2) is 14.7. The zero-order chi connectivity index (χ0) is 37.7. The van der Waals surface area contributed by atoms with E-state index in [1.165, 1.54) is 84.5 Å². The molecule has 52 heavy (non-hydrogen) atoms. The van der Waals surface area contributed by atoms with Crippen molar-refractivity contribution < 1.29 is 15.9 Å². The molecule has 0 atom stereocenters. The summed E-state index contributed by atoms with van der Waals surface area (Å²) in [6.45, 7) is 23.0. The molecular weight excluding hydrogens is 751 g/mol. The molecule has 0 unspecified atom stereocenters. The Morgan fingerprint density at radius 1 is 0.596 bits per heavy atom. The first-order valence-electron chi connectivity index (χ1n) is 19.8. The van der Waals surface area contributed by atoms with Gasteiger partial charge < -0.3 is 0 Å². The Bertz CT molecular complexity index is 1950. The van der Waals surface area contributed by atoms with Crippen LogP contribution in [-0.4, -0.2) is 3.21 Å². The van der Waals surface area contributed by atoms with Gasteiger partial charge in [-0.2, -0.15) is 0 Å². The average molecular weight is 811 g/mol. The van der Waals surface area contributed by atoms with Gasteiger partial charge >= 0.3 is 326 Å². The average Bonchev–Trinajstić information content (AvgIpc) is 3.74. The third kappa shape index (κ3) is 7.14. The van der Waals surface area contributed by atoms with Gasteiger partial charge in [0.1, 0.15) is 0 Å². The summed E-state index contributed by atoms with van der Waals surface area (Å²) in [6, 6.07) is 28.5. The van der Waals surface area contributed by atoms with Crippen LogP contribution >= 0.6 is 17.0 Å². The summed E-state index contributed by atoms with van der Waals surface area (Å²) in [5.41, 5.74) is 15.6. The van der Waals surface area contributed by atoms with Crippen LogP contribution in [0.1, 0.15) is 140 Å². The predicted octanol–water partition coefficient (Wildman–Crippen LogP) is 14.8. The van der Waals surface area contributed by atoms with Crippen molar-refractivity contribution in [1.29, 1.82) is 0 Å². The number of fused-ring (bicyclic) bond motifs is 3. The van der Waals surface area contributed by atoms with Crippen molar-refractivity contribution in [3.8, 4) is 11.1 Å². The van der Waals surface area contributed by atoms with E-state index in [2.05, 4.69) is 166 Å². The van der Waals surface area contributed by atoms with Gasteiger partial charge in [0.05, 0.1) is 0 Å². The van der Waals surface area contributed by atoms with Crippen molar-refractivity contribution in [2.24, 2.45) is 0 Å². The molecule has 0 fully saturated rings.